The summed E-state index contributed by atoms with van der Waals surface area (Å²) in [5.41, 5.74) is -3.12. The summed E-state index contributed by atoms with van der Waals surface area (Å²) in [6, 6.07) is 19.0. The van der Waals surface area contributed by atoms with Crippen LogP contribution in [0, 0.1) is 0 Å². The minimum absolute atomic E-state index is 0.0283. The van der Waals surface area contributed by atoms with Gasteiger partial charge in [-0.3, -0.25) is 71.9 Å². The number of amides is 6. The molecule has 42 nitrogen and oxygen atoms in total. The molecule has 3 aromatic carbocycles. The fraction of sp³-hybridized carbons (Fsp3) is 0.641. The van der Waals surface area contributed by atoms with Crippen molar-refractivity contribution in [1.29, 1.82) is 0 Å². The molecule has 3 rings (SSSR count). The summed E-state index contributed by atoms with van der Waals surface area (Å²) in [6.07, 6.45) is 4.42. The van der Waals surface area contributed by atoms with Crippen LogP contribution in [-0.2, 0) is 129 Å². The maximum absolute atomic E-state index is 12.0. The smallest absolute Gasteiger partial charge is 0.315 e. The Bertz CT molecular complexity index is 3740. The van der Waals surface area contributed by atoms with Crippen LogP contribution < -0.4 is 46.1 Å². The molecule has 0 unspecified atom stereocenters. The van der Waals surface area contributed by atoms with Gasteiger partial charge in [0.25, 0.3) is 0 Å². The number of rotatable bonds is 74. The second kappa shape index (κ2) is 78.5. The number of nitrogens with one attached hydrogen (secondary N) is 6. The molecule has 0 saturated heterocycles. The van der Waals surface area contributed by atoms with E-state index in [9.17, 15) is 87.2 Å². The van der Waals surface area contributed by atoms with Crippen LogP contribution in [0.25, 0.3) is 0 Å². The van der Waals surface area contributed by atoms with Crippen molar-refractivity contribution in [2.24, 2.45) is 0 Å². The van der Waals surface area contributed by atoms with Crippen molar-refractivity contribution in [3.63, 3.8) is 0 Å². The number of Topliss-reactive ketones (excluding diaryl/α,β-unsaturated/α-hetero) is 3. The van der Waals surface area contributed by atoms with Gasteiger partial charge in [0.05, 0.1) is 33.5 Å². The Balaban J connectivity index is 0.00000185. The molecule has 0 heterocycles. The van der Waals surface area contributed by atoms with E-state index >= 15 is 0 Å². The quantitative estimate of drug-likeness (QED) is 0.0127. The monoisotopic (exact) mass is 1910 g/mol. The van der Waals surface area contributed by atoms with E-state index in [0.29, 0.717) is 159 Å². The van der Waals surface area contributed by atoms with Crippen LogP contribution in [0.2, 0.25) is 0 Å². The van der Waals surface area contributed by atoms with Crippen molar-refractivity contribution >= 4 is 88.6 Å². The normalized spacial score (nSPS) is 10.9. The van der Waals surface area contributed by atoms with Gasteiger partial charge in [0, 0.05) is 196 Å². The number of carbonyl (C=O) groups excluding carboxylic acids is 15. The van der Waals surface area contributed by atoms with Crippen LogP contribution in [0.15, 0.2) is 72.8 Å². The van der Waals surface area contributed by atoms with Crippen molar-refractivity contribution < 1.29 is 173 Å². The highest BCUT2D eigenvalue weighted by molar-refractivity contribution is 6.03. The Labute approximate surface area is 784 Å². The Morgan fingerprint density at radius 1 is 0.246 bits per heavy atom. The molecular formula is C92H144N6O36. The summed E-state index contributed by atoms with van der Waals surface area (Å²) in [7, 11) is 6.52. The fourth-order valence-electron chi connectivity index (χ4n) is 10.1. The number of ketones is 3. The van der Waals surface area contributed by atoms with Gasteiger partial charge in [-0.15, -0.1) is 0 Å². The molecule has 758 valence electrons. The van der Waals surface area contributed by atoms with Gasteiger partial charge in [-0.1, -0.05) is 6.92 Å². The largest absolute Gasteiger partial charge is 0.497 e. The van der Waals surface area contributed by atoms with Gasteiger partial charge in [-0.2, -0.15) is 0 Å². The summed E-state index contributed by atoms with van der Waals surface area (Å²) >= 11 is 0. The van der Waals surface area contributed by atoms with Gasteiger partial charge < -0.3 is 132 Å². The number of ether oxygens (including phenoxy) is 18. The maximum atomic E-state index is 12.0. The average molecular weight is 1910 g/mol. The number of hydrogen-bond donors (Lipinski definition) is 9. The molecule has 6 amide bonds. The van der Waals surface area contributed by atoms with E-state index in [4.69, 9.17) is 85.3 Å². The van der Waals surface area contributed by atoms with Gasteiger partial charge in [0.2, 0.25) is 35.4 Å². The Morgan fingerprint density at radius 2 is 0.433 bits per heavy atom. The fourth-order valence-corrected chi connectivity index (χ4v) is 10.1. The molecule has 0 saturated carbocycles. The topological polar surface area (TPSA) is 555 Å². The Hall–Kier alpha value is -10.8. The van der Waals surface area contributed by atoms with Crippen LogP contribution in [-0.4, -0.2) is 340 Å². The predicted molar refractivity (Wildman–Crippen MR) is 483 cm³/mol. The van der Waals surface area contributed by atoms with E-state index in [1.54, 1.807) is 77.0 Å². The Kier molecular flexibility index (Phi) is 72.2. The van der Waals surface area contributed by atoms with Crippen LogP contribution in [0.5, 0.6) is 17.2 Å². The van der Waals surface area contributed by atoms with E-state index in [0.717, 1.165) is 38.5 Å². The van der Waals surface area contributed by atoms with E-state index in [1.165, 1.54) is 65.8 Å². The predicted octanol–water partition coefficient (Wildman–Crippen LogP) is 3.93. The molecule has 42 heteroatoms. The first-order valence-electron chi connectivity index (χ1n) is 44.4. The second-order valence-electron chi connectivity index (χ2n) is 30.5. The number of esters is 6. The first-order valence-corrected chi connectivity index (χ1v) is 44.4. The third kappa shape index (κ3) is 71.8. The van der Waals surface area contributed by atoms with E-state index in [1.807, 2.05) is 6.92 Å². The molecule has 0 spiro atoms. The maximum Gasteiger partial charge on any atom is 0.315 e. The highest BCUT2D eigenvalue weighted by Gasteiger charge is 2.28. The zero-order valence-electron chi connectivity index (χ0n) is 79.6. The van der Waals surface area contributed by atoms with Crippen LogP contribution in [0.4, 0.5) is 0 Å². The summed E-state index contributed by atoms with van der Waals surface area (Å²) in [6.45, 7) is 20.3. The summed E-state index contributed by atoms with van der Waals surface area (Å²) in [5.74, 6) is -6.89. The van der Waals surface area contributed by atoms with Crippen LogP contribution >= 0.6 is 0 Å². The number of aliphatic hydroxyl groups is 3. The number of benzene rings is 3. The van der Waals surface area contributed by atoms with Crippen LogP contribution in [0.1, 0.15) is 182 Å². The van der Waals surface area contributed by atoms with Gasteiger partial charge in [-0.25, -0.2) is 0 Å². The third-order valence-corrected chi connectivity index (χ3v) is 16.8. The molecular weight excluding hydrogens is 1770 g/mol. The Morgan fingerprint density at radius 3 is 0.627 bits per heavy atom. The molecule has 0 aliphatic carbocycles. The van der Waals surface area contributed by atoms with Gasteiger partial charge in [0.1, 0.15) is 99.0 Å². The second-order valence-corrected chi connectivity index (χ2v) is 30.5. The molecule has 3 aromatic rings. The lowest BCUT2D eigenvalue weighted by Gasteiger charge is -2.15. The standard InChI is InChI=1S/C30H46N2O12.C28H52N2O12.C23H32N2O9.C11H14O3/c1-30(2,38)29(37)23-7-9-24(10-8-23)42-19-20-44-28(36)22-26(34)32-12-11-31-25(33)21-27(35)43-18-6-17-41-16-5-15-40-14-4-13-39-3;1-35-11-3-13-37-15-5-17-39-19-7-21-41-27(33)23-25(31)29-9-10-30-26(32)24-28(34)42-22-8-20-40-18-6-16-38-14-4-12-36-2;1-4-11-33-20(28)14-18(26)24-9-10-25-19(27)15-21(29)34-13-12-32-17-7-5-16(6-8-17)22(30)23(2,3)31;1-11(2,13)10(12)8-4-6-9(14-3)7-5-8/h7-10,38H,4-6,11-22H2,1-3H3,(H,31,33)(H,32,34);3-24H2,1-2H3,(H,29,31)(H,30,32);5-8,31H,4,9-15H2,1-3H3,(H,24,26)(H,25,27);4-7,13H,1-3H3. The number of hydrogen-bond acceptors (Lipinski definition) is 36. The zero-order valence-corrected chi connectivity index (χ0v) is 79.6. The van der Waals surface area contributed by atoms with Crippen molar-refractivity contribution in [1.82, 2.24) is 31.9 Å². The van der Waals surface area contributed by atoms with E-state index < -0.39 is 138 Å². The van der Waals surface area contributed by atoms with E-state index in [-0.39, 0.29) is 97.9 Å². The lowest BCUT2D eigenvalue weighted by atomic mass is 9.97. The van der Waals surface area contributed by atoms with Gasteiger partial charge in [0.15, 0.2) is 17.3 Å². The number of methoxy groups -OCH3 is 4. The molecule has 0 aliphatic rings. The SMILES string of the molecule is CCCOC(=O)CC(=O)NCCNC(=O)CC(=O)OCCOc1ccc(C(=O)C(C)(C)O)cc1.COCCCOCCCOCCCOC(=O)CC(=O)NCCNC(=O)CC(=O)OCCCOCCCOCCCOC.COCCCOCCCOCCCOC(=O)CC(=O)NCCNC(=O)CC(=O)OCCOc1ccc(C(=O)C(C)(C)O)cc1.COc1ccc(C(=O)C(C)(C)O)cc1. The van der Waals surface area contributed by atoms with Crippen molar-refractivity contribution in [3.8, 4) is 17.2 Å². The molecule has 0 radical (unpaired) electrons. The molecule has 0 aromatic heterocycles. The minimum atomic E-state index is -1.48. The van der Waals surface area contributed by atoms with E-state index in [2.05, 4.69) is 31.9 Å². The molecule has 0 fully saturated rings. The first kappa shape index (κ1) is 123. The van der Waals surface area contributed by atoms with Gasteiger partial charge >= 0.3 is 35.8 Å². The average Bonchev–Trinajstić information content (AvgIpc) is 0.856. The minimum Gasteiger partial charge on any atom is -0.497 e. The van der Waals surface area contributed by atoms with Gasteiger partial charge in [-0.05, 0) is 159 Å². The summed E-state index contributed by atoms with van der Waals surface area (Å²) in [5, 5.41) is 43.9. The zero-order chi connectivity index (χ0) is 99.9. The highest BCUT2D eigenvalue weighted by Crippen LogP contribution is 2.20. The molecule has 0 bridgehead atoms. The third-order valence-electron chi connectivity index (χ3n) is 16.8. The lowest BCUT2D eigenvalue weighted by molar-refractivity contribution is -0.148. The highest BCUT2D eigenvalue weighted by atomic mass is 16.6. The summed E-state index contributed by atoms with van der Waals surface area (Å²) < 4.78 is 92.9. The molecule has 0 atom stereocenters. The molecule has 0 aliphatic heterocycles. The van der Waals surface area contributed by atoms with Crippen molar-refractivity contribution in [3.05, 3.63) is 89.5 Å². The van der Waals surface area contributed by atoms with Crippen molar-refractivity contribution in [2.75, 3.05) is 220 Å². The first-order chi connectivity index (χ1) is 64.0. The molecule has 134 heavy (non-hydrogen) atoms. The van der Waals surface area contributed by atoms with Crippen molar-refractivity contribution in [2.45, 2.75) is 168 Å². The number of carbonyl (C=O) groups is 15. The van der Waals surface area contributed by atoms with Crippen LogP contribution in [0.3, 0.4) is 0 Å². The summed E-state index contributed by atoms with van der Waals surface area (Å²) in [4.78, 5) is 176. The molecule has 9 N–H and O–H groups in total. The lowest BCUT2D eigenvalue weighted by Crippen LogP contribution is -2.36.